The Bertz CT molecular complexity index is 1110. The number of nitrogens with zero attached hydrogens (tertiary/aromatic N) is 2. The molecule has 0 amide bonds. The monoisotopic (exact) mass is 520 g/mol. The van der Waals surface area contributed by atoms with Crippen molar-refractivity contribution >= 4 is 20.0 Å². The van der Waals surface area contributed by atoms with Gasteiger partial charge in [-0.15, -0.1) is 0 Å². The lowest BCUT2D eigenvalue weighted by atomic mass is 9.94. The van der Waals surface area contributed by atoms with Crippen LogP contribution in [0, 0.1) is 23.7 Å². The van der Waals surface area contributed by atoms with Crippen molar-refractivity contribution in [3.8, 4) is 11.5 Å². The number of hydrogen-bond donors (Lipinski definition) is 0. The van der Waals surface area contributed by atoms with Crippen LogP contribution in [-0.2, 0) is 20.0 Å². The minimum absolute atomic E-state index is 0.248. The maximum absolute atomic E-state index is 13.1. The molecule has 2 aliphatic heterocycles. The molecule has 0 aliphatic carbocycles. The van der Waals surface area contributed by atoms with Crippen LogP contribution in [0.15, 0.2) is 58.3 Å². The molecule has 2 aromatic rings. The van der Waals surface area contributed by atoms with E-state index in [1.165, 1.54) is 0 Å². The number of piperidine rings is 2. The van der Waals surface area contributed by atoms with Gasteiger partial charge in [0.2, 0.25) is 20.0 Å². The molecule has 0 radical (unpaired) electrons. The zero-order valence-corrected chi connectivity index (χ0v) is 22.6. The topological polar surface area (TPSA) is 84.0 Å². The fourth-order valence-electron chi connectivity index (χ4n) is 5.40. The highest BCUT2D eigenvalue weighted by molar-refractivity contribution is 7.89. The molecule has 0 N–H and O–H groups in total. The van der Waals surface area contributed by atoms with Crippen molar-refractivity contribution in [3.63, 3.8) is 0 Å². The first-order valence-electron chi connectivity index (χ1n) is 12.3. The zero-order valence-electron chi connectivity index (χ0n) is 20.9. The lowest BCUT2D eigenvalue weighted by molar-refractivity contribution is 0.222. The van der Waals surface area contributed by atoms with Gasteiger partial charge in [-0.05, 0) is 85.0 Å². The Morgan fingerprint density at radius 3 is 1.14 bits per heavy atom. The van der Waals surface area contributed by atoms with Crippen LogP contribution in [0.4, 0.5) is 0 Å². The van der Waals surface area contributed by atoms with Crippen molar-refractivity contribution in [2.24, 2.45) is 23.7 Å². The maximum atomic E-state index is 13.1. The van der Waals surface area contributed by atoms with E-state index in [0.29, 0.717) is 61.3 Å². The van der Waals surface area contributed by atoms with Crippen molar-refractivity contribution in [2.75, 3.05) is 26.2 Å². The molecule has 2 heterocycles. The van der Waals surface area contributed by atoms with E-state index < -0.39 is 20.0 Å². The predicted octanol–water partition coefficient (Wildman–Crippen LogP) is 4.81. The van der Waals surface area contributed by atoms with E-state index in [9.17, 15) is 16.8 Å². The molecule has 7 nitrogen and oxygen atoms in total. The van der Waals surface area contributed by atoms with Crippen molar-refractivity contribution in [3.05, 3.63) is 48.5 Å². The van der Waals surface area contributed by atoms with Crippen LogP contribution < -0.4 is 4.74 Å². The quantitative estimate of drug-likeness (QED) is 0.546. The van der Waals surface area contributed by atoms with Crippen LogP contribution in [-0.4, -0.2) is 51.6 Å². The Kier molecular flexibility index (Phi) is 7.62. The molecule has 2 saturated heterocycles. The number of hydrogen-bond acceptors (Lipinski definition) is 5. The normalized spacial score (nSPS) is 27.0. The predicted molar refractivity (Wildman–Crippen MR) is 136 cm³/mol. The highest BCUT2D eigenvalue weighted by atomic mass is 32.2. The highest BCUT2D eigenvalue weighted by Gasteiger charge is 2.32. The Morgan fingerprint density at radius 1 is 0.571 bits per heavy atom. The van der Waals surface area contributed by atoms with Gasteiger partial charge in [-0.3, -0.25) is 0 Å². The van der Waals surface area contributed by atoms with E-state index in [2.05, 4.69) is 27.7 Å². The molecule has 0 unspecified atom stereocenters. The summed E-state index contributed by atoms with van der Waals surface area (Å²) in [7, 11) is -7.10. The second-order valence-corrected chi connectivity index (χ2v) is 14.5. The molecule has 0 aromatic heterocycles. The first kappa shape index (κ1) is 26.1. The van der Waals surface area contributed by atoms with E-state index >= 15 is 0 Å². The Balaban J connectivity index is 1.44. The molecular weight excluding hydrogens is 484 g/mol. The molecule has 2 aliphatic rings. The van der Waals surface area contributed by atoms with Crippen molar-refractivity contribution < 1.29 is 21.6 Å². The van der Waals surface area contributed by atoms with Gasteiger partial charge in [-0.25, -0.2) is 16.8 Å². The van der Waals surface area contributed by atoms with Gasteiger partial charge in [0.15, 0.2) is 0 Å². The average molecular weight is 521 g/mol. The smallest absolute Gasteiger partial charge is 0.243 e. The fraction of sp³-hybridized carbons (Fsp3) is 0.538. The van der Waals surface area contributed by atoms with Crippen LogP contribution in [0.5, 0.6) is 11.5 Å². The third-order valence-corrected chi connectivity index (χ3v) is 10.5. The molecule has 4 atom stereocenters. The van der Waals surface area contributed by atoms with Crippen LogP contribution >= 0.6 is 0 Å². The van der Waals surface area contributed by atoms with Gasteiger partial charge in [-0.2, -0.15) is 8.61 Å². The minimum Gasteiger partial charge on any atom is -0.457 e. The molecule has 4 rings (SSSR count). The summed E-state index contributed by atoms with van der Waals surface area (Å²) >= 11 is 0. The highest BCUT2D eigenvalue weighted by Crippen LogP contribution is 2.30. The summed E-state index contributed by atoms with van der Waals surface area (Å²) < 4.78 is 61.3. The van der Waals surface area contributed by atoms with E-state index in [1.54, 1.807) is 57.1 Å². The van der Waals surface area contributed by atoms with Gasteiger partial charge < -0.3 is 4.74 Å². The summed E-state index contributed by atoms with van der Waals surface area (Å²) in [5.74, 6) is 2.32. The summed E-state index contributed by atoms with van der Waals surface area (Å²) in [4.78, 5) is 0.496. The van der Waals surface area contributed by atoms with Crippen LogP contribution in [0.25, 0.3) is 0 Å². The van der Waals surface area contributed by atoms with Crippen LogP contribution in [0.1, 0.15) is 40.5 Å². The largest absolute Gasteiger partial charge is 0.457 e. The zero-order chi connectivity index (χ0) is 25.4. The first-order valence-corrected chi connectivity index (χ1v) is 15.2. The third kappa shape index (κ3) is 5.90. The molecule has 0 spiro atoms. The number of benzene rings is 2. The summed E-state index contributed by atoms with van der Waals surface area (Å²) in [5.41, 5.74) is 0. The number of rotatable bonds is 6. The molecule has 0 saturated carbocycles. The number of sulfonamides is 2. The Morgan fingerprint density at radius 2 is 0.857 bits per heavy atom. The summed E-state index contributed by atoms with van der Waals surface area (Å²) in [6.45, 7) is 10.5. The summed E-state index contributed by atoms with van der Waals surface area (Å²) in [5, 5.41) is 0. The average Bonchev–Trinajstić information content (AvgIpc) is 2.78. The Labute approximate surface area is 210 Å². The molecule has 2 fully saturated rings. The second-order valence-electron chi connectivity index (χ2n) is 10.6. The number of ether oxygens (including phenoxy) is 1. The van der Waals surface area contributed by atoms with Gasteiger partial charge in [-0.1, -0.05) is 27.7 Å². The van der Waals surface area contributed by atoms with Gasteiger partial charge in [0.25, 0.3) is 0 Å². The van der Waals surface area contributed by atoms with E-state index in [4.69, 9.17) is 4.74 Å². The van der Waals surface area contributed by atoms with E-state index in [1.807, 2.05) is 0 Å². The lowest BCUT2D eigenvalue weighted by Crippen LogP contribution is -2.42. The molecule has 35 heavy (non-hydrogen) atoms. The van der Waals surface area contributed by atoms with Crippen molar-refractivity contribution in [1.82, 2.24) is 8.61 Å². The second kappa shape index (κ2) is 10.2. The van der Waals surface area contributed by atoms with Gasteiger partial charge in [0, 0.05) is 26.2 Å². The fourth-order valence-corrected chi connectivity index (χ4v) is 8.76. The molecule has 192 valence electrons. The first-order chi connectivity index (χ1) is 16.4. The SMILES string of the molecule is C[C@@H]1C[C@H](C)CN(S(=O)(=O)c2ccc(Oc3ccc(S(=O)(=O)N4C[C@@H](C)C[C@H](C)C4)cc3)cc2)C1. The van der Waals surface area contributed by atoms with E-state index in [0.717, 1.165) is 12.8 Å². The van der Waals surface area contributed by atoms with Crippen LogP contribution in [0.2, 0.25) is 0 Å². The van der Waals surface area contributed by atoms with Gasteiger partial charge in [0.05, 0.1) is 9.79 Å². The third-order valence-electron chi connectivity index (χ3n) is 6.83. The van der Waals surface area contributed by atoms with Gasteiger partial charge in [0.1, 0.15) is 11.5 Å². The minimum atomic E-state index is -3.55. The molecule has 9 heteroatoms. The van der Waals surface area contributed by atoms with Crippen molar-refractivity contribution in [1.29, 1.82) is 0 Å². The van der Waals surface area contributed by atoms with Gasteiger partial charge >= 0.3 is 0 Å². The van der Waals surface area contributed by atoms with Crippen molar-refractivity contribution in [2.45, 2.75) is 50.3 Å². The standard InChI is InChI=1S/C26H36N2O5S2/c1-19-13-20(2)16-27(15-19)34(29,30)25-9-5-23(6-10-25)33-24-7-11-26(12-8-24)35(31,32)28-17-21(3)14-22(4)18-28/h5-12,19-22H,13-18H2,1-4H3/t19-,20-,21-,22+/m0/s1. The summed E-state index contributed by atoms with van der Waals surface area (Å²) in [6, 6.07) is 12.8. The maximum Gasteiger partial charge on any atom is 0.243 e. The molecular formula is C26H36N2O5S2. The Hall–Kier alpha value is -1.94. The molecule has 0 bridgehead atoms. The summed E-state index contributed by atoms with van der Waals surface area (Å²) in [6.07, 6.45) is 2.07. The van der Waals surface area contributed by atoms with E-state index in [-0.39, 0.29) is 9.79 Å². The molecule has 2 aromatic carbocycles. The lowest BCUT2D eigenvalue weighted by Gasteiger charge is -2.34. The van der Waals surface area contributed by atoms with Crippen LogP contribution in [0.3, 0.4) is 0 Å².